The van der Waals surface area contributed by atoms with Crippen LogP contribution >= 0.6 is 23.7 Å². The van der Waals surface area contributed by atoms with Crippen LogP contribution in [0.3, 0.4) is 0 Å². The van der Waals surface area contributed by atoms with Gasteiger partial charge in [-0.2, -0.15) is 5.10 Å². The second-order valence-electron chi connectivity index (χ2n) is 6.58. The van der Waals surface area contributed by atoms with Gasteiger partial charge in [0, 0.05) is 18.8 Å². The molecule has 0 amide bonds. The molecule has 0 fully saturated rings. The molecule has 5 rings (SSSR count). The van der Waals surface area contributed by atoms with Crippen LogP contribution in [0.2, 0.25) is 0 Å². The van der Waals surface area contributed by atoms with Crippen LogP contribution in [-0.4, -0.2) is 26.5 Å². The Balaban J connectivity index is 0.00000205. The topological polar surface area (TPSA) is 74.1 Å². The summed E-state index contributed by atoms with van der Waals surface area (Å²) in [6, 6.07) is 9.82. The number of hydrogen-bond donors (Lipinski definition) is 1. The molecule has 0 atom stereocenters. The molecule has 0 radical (unpaired) electrons. The van der Waals surface area contributed by atoms with E-state index in [-0.39, 0.29) is 19.2 Å². The number of anilines is 2. The Morgan fingerprint density at radius 2 is 2.03 bits per heavy atom. The fourth-order valence-electron chi connectivity index (χ4n) is 3.36. The number of rotatable bonds is 5. The number of nitrogens with one attached hydrogen (secondary N) is 1. The predicted octanol–water partition coefficient (Wildman–Crippen LogP) is 4.94. The number of thiophene rings is 1. The van der Waals surface area contributed by atoms with Gasteiger partial charge in [0.05, 0.1) is 10.6 Å². The molecule has 29 heavy (non-hydrogen) atoms. The van der Waals surface area contributed by atoms with Gasteiger partial charge in [0.15, 0.2) is 23.1 Å². The lowest BCUT2D eigenvalue weighted by molar-refractivity contribution is 0.174. The average molecular weight is 430 g/mol. The molecule has 0 bridgehead atoms. The van der Waals surface area contributed by atoms with E-state index in [1.54, 1.807) is 11.3 Å². The van der Waals surface area contributed by atoms with Crippen molar-refractivity contribution in [3.63, 3.8) is 0 Å². The number of halogens is 1. The molecular formula is C20H20ClN5O2S. The molecule has 7 nitrogen and oxygen atoms in total. The Bertz CT molecular complexity index is 1160. The maximum atomic E-state index is 5.50. The van der Waals surface area contributed by atoms with Gasteiger partial charge in [-0.3, -0.25) is 4.68 Å². The van der Waals surface area contributed by atoms with Crippen molar-refractivity contribution in [2.75, 3.05) is 12.1 Å². The van der Waals surface area contributed by atoms with Crippen LogP contribution in [0.5, 0.6) is 11.5 Å². The van der Waals surface area contributed by atoms with E-state index < -0.39 is 0 Å². The molecular weight excluding hydrogens is 410 g/mol. The molecule has 0 saturated heterocycles. The third-order valence-corrected chi connectivity index (χ3v) is 5.48. The minimum Gasteiger partial charge on any atom is -0.454 e. The van der Waals surface area contributed by atoms with Crippen LogP contribution in [-0.2, 0) is 13.5 Å². The van der Waals surface area contributed by atoms with Crippen LogP contribution in [0.1, 0.15) is 19.0 Å². The summed E-state index contributed by atoms with van der Waals surface area (Å²) in [6.45, 7) is 2.40. The quantitative estimate of drug-likeness (QED) is 0.484. The summed E-state index contributed by atoms with van der Waals surface area (Å²) < 4.78 is 12.8. The highest BCUT2D eigenvalue weighted by molar-refractivity contribution is 7.13. The van der Waals surface area contributed by atoms with Gasteiger partial charge >= 0.3 is 0 Å². The van der Waals surface area contributed by atoms with Crippen molar-refractivity contribution in [2.45, 2.75) is 19.8 Å². The van der Waals surface area contributed by atoms with Crippen LogP contribution in [0.25, 0.3) is 21.7 Å². The minimum absolute atomic E-state index is 0. The summed E-state index contributed by atoms with van der Waals surface area (Å²) in [5.41, 5.74) is 3.65. The van der Waals surface area contributed by atoms with Gasteiger partial charge in [-0.05, 0) is 30.0 Å². The summed E-state index contributed by atoms with van der Waals surface area (Å²) >= 11 is 1.63. The van der Waals surface area contributed by atoms with E-state index in [9.17, 15) is 0 Å². The SMILES string of the molecule is CCCc1nn(C)c2c(Nc3ccc4c(c3)OCO4)nc(-c3cccs3)nc12.Cl. The Morgan fingerprint density at radius 1 is 1.17 bits per heavy atom. The molecule has 1 aliphatic heterocycles. The third-order valence-electron chi connectivity index (χ3n) is 4.62. The summed E-state index contributed by atoms with van der Waals surface area (Å²) in [5.74, 6) is 2.91. The molecule has 1 N–H and O–H groups in total. The lowest BCUT2D eigenvalue weighted by atomic mass is 10.2. The smallest absolute Gasteiger partial charge is 0.231 e. The highest BCUT2D eigenvalue weighted by Gasteiger charge is 2.19. The Hall–Kier alpha value is -2.84. The van der Waals surface area contributed by atoms with Gasteiger partial charge in [-0.15, -0.1) is 23.7 Å². The molecule has 0 spiro atoms. The van der Waals surface area contributed by atoms with Gasteiger partial charge in [-0.1, -0.05) is 19.4 Å². The van der Waals surface area contributed by atoms with E-state index >= 15 is 0 Å². The fourth-order valence-corrected chi connectivity index (χ4v) is 4.02. The molecule has 0 aliphatic carbocycles. The monoisotopic (exact) mass is 429 g/mol. The molecule has 1 aliphatic rings. The Kier molecular flexibility index (Phi) is 5.29. The van der Waals surface area contributed by atoms with E-state index in [2.05, 4.69) is 12.2 Å². The summed E-state index contributed by atoms with van der Waals surface area (Å²) in [7, 11) is 1.93. The molecule has 1 aromatic carbocycles. The highest BCUT2D eigenvalue weighted by Crippen LogP contribution is 2.36. The lowest BCUT2D eigenvalue weighted by Gasteiger charge is -2.10. The van der Waals surface area contributed by atoms with E-state index in [1.807, 2.05) is 47.4 Å². The normalized spacial score (nSPS) is 12.2. The number of aryl methyl sites for hydroxylation is 2. The highest BCUT2D eigenvalue weighted by atomic mass is 35.5. The first-order chi connectivity index (χ1) is 13.7. The Labute approximate surface area is 178 Å². The van der Waals surface area contributed by atoms with Crippen LogP contribution in [0.15, 0.2) is 35.7 Å². The number of aromatic nitrogens is 4. The first-order valence-corrected chi connectivity index (χ1v) is 10.0. The summed E-state index contributed by atoms with van der Waals surface area (Å²) in [5, 5.41) is 10.2. The van der Waals surface area contributed by atoms with Crippen molar-refractivity contribution < 1.29 is 9.47 Å². The van der Waals surface area contributed by atoms with Gasteiger partial charge in [0.1, 0.15) is 11.0 Å². The van der Waals surface area contributed by atoms with E-state index in [0.29, 0.717) is 5.82 Å². The van der Waals surface area contributed by atoms with Gasteiger partial charge < -0.3 is 14.8 Å². The fraction of sp³-hybridized carbons (Fsp3) is 0.250. The molecule has 9 heteroatoms. The molecule has 0 unspecified atom stereocenters. The number of hydrogen-bond acceptors (Lipinski definition) is 7. The number of fused-ring (bicyclic) bond motifs is 2. The molecule has 4 aromatic rings. The number of ether oxygens (including phenoxy) is 2. The van der Waals surface area contributed by atoms with Crippen LogP contribution in [0, 0.1) is 0 Å². The van der Waals surface area contributed by atoms with E-state index in [1.165, 1.54) is 0 Å². The molecule has 3 aromatic heterocycles. The van der Waals surface area contributed by atoms with Gasteiger partial charge in [0.25, 0.3) is 0 Å². The van der Waals surface area contributed by atoms with Crippen molar-refractivity contribution in [3.05, 3.63) is 41.4 Å². The van der Waals surface area contributed by atoms with Crippen molar-refractivity contribution in [1.29, 1.82) is 0 Å². The zero-order valence-corrected chi connectivity index (χ0v) is 17.6. The van der Waals surface area contributed by atoms with Gasteiger partial charge in [0.2, 0.25) is 6.79 Å². The molecule has 4 heterocycles. The Morgan fingerprint density at radius 3 is 2.83 bits per heavy atom. The van der Waals surface area contributed by atoms with Crippen LogP contribution < -0.4 is 14.8 Å². The first-order valence-electron chi connectivity index (χ1n) is 9.17. The third kappa shape index (κ3) is 3.49. The van der Waals surface area contributed by atoms with Crippen molar-refractivity contribution in [1.82, 2.24) is 19.7 Å². The molecule has 0 saturated carbocycles. The standard InChI is InChI=1S/C20H19N5O2S.ClH/c1-3-5-13-17-18(25(2)24-13)20(23-19(22-17)16-6-4-9-28-16)21-12-7-8-14-15(10-12)27-11-26-14;/h4,6-10H,3,5,11H2,1-2H3,(H,21,22,23);1H. The van der Waals surface area contributed by atoms with Gasteiger partial charge in [-0.25, -0.2) is 9.97 Å². The minimum atomic E-state index is 0. The second kappa shape index (κ2) is 7.88. The largest absolute Gasteiger partial charge is 0.454 e. The second-order valence-corrected chi connectivity index (χ2v) is 7.53. The van der Waals surface area contributed by atoms with Crippen LogP contribution in [0.4, 0.5) is 11.5 Å². The van der Waals surface area contributed by atoms with Crippen molar-refractivity contribution in [2.24, 2.45) is 7.05 Å². The zero-order valence-electron chi connectivity index (χ0n) is 16.0. The average Bonchev–Trinajstić information content (AvgIpc) is 3.43. The van der Waals surface area contributed by atoms with E-state index in [0.717, 1.165) is 57.5 Å². The number of benzene rings is 1. The number of nitrogens with zero attached hydrogens (tertiary/aromatic N) is 4. The predicted molar refractivity (Wildman–Crippen MR) is 117 cm³/mol. The zero-order chi connectivity index (χ0) is 19.1. The van der Waals surface area contributed by atoms with Crippen molar-refractivity contribution >= 4 is 46.3 Å². The maximum absolute atomic E-state index is 5.50. The van der Waals surface area contributed by atoms with Crippen molar-refractivity contribution in [3.8, 4) is 22.2 Å². The lowest BCUT2D eigenvalue weighted by Crippen LogP contribution is -2.01. The summed E-state index contributed by atoms with van der Waals surface area (Å²) in [6.07, 6.45) is 1.89. The maximum Gasteiger partial charge on any atom is 0.231 e. The first kappa shape index (κ1) is 19.5. The summed E-state index contributed by atoms with van der Waals surface area (Å²) in [4.78, 5) is 10.7. The van der Waals surface area contributed by atoms with E-state index in [4.69, 9.17) is 24.5 Å². The molecule has 150 valence electrons.